The fourth-order valence-corrected chi connectivity index (χ4v) is 3.54. The number of nitrogens with zero attached hydrogens (tertiary/aromatic N) is 1. The second-order valence-electron chi connectivity index (χ2n) is 5.05. The van der Waals surface area contributed by atoms with Crippen LogP contribution >= 0.6 is 7.52 Å². The second-order valence-corrected chi connectivity index (χ2v) is 7.59. The molecule has 0 saturated carbocycles. The van der Waals surface area contributed by atoms with E-state index in [4.69, 9.17) is 4.52 Å². The first-order valence-corrected chi connectivity index (χ1v) is 8.80. The van der Waals surface area contributed by atoms with Crippen molar-refractivity contribution < 1.29 is 13.9 Å². The van der Waals surface area contributed by atoms with Crippen LogP contribution < -0.4 is 5.32 Å². The van der Waals surface area contributed by atoms with Crippen LogP contribution in [0.1, 0.15) is 23.2 Å². The molecule has 6 heteroatoms. The lowest BCUT2D eigenvalue weighted by molar-refractivity contribution is 0.0922. The molecule has 1 amide bonds. The Balaban J connectivity index is 1.86. The summed E-state index contributed by atoms with van der Waals surface area (Å²) in [5.74, 6) is -0.0459. The van der Waals surface area contributed by atoms with E-state index < -0.39 is 7.52 Å². The van der Waals surface area contributed by atoms with Gasteiger partial charge in [-0.2, -0.15) is 0 Å². The highest BCUT2D eigenvalue weighted by atomic mass is 31.2. The Labute approximate surface area is 119 Å². The third kappa shape index (κ3) is 3.69. The molecule has 2 rings (SSSR count). The van der Waals surface area contributed by atoms with E-state index in [0.717, 1.165) is 12.8 Å². The fourth-order valence-electron chi connectivity index (χ4n) is 2.35. The molecule has 1 aromatic carbocycles. The number of carbonyl (C=O) groups is 1. The Morgan fingerprint density at radius 1 is 1.30 bits per heavy atom. The lowest BCUT2D eigenvalue weighted by Gasteiger charge is -2.34. The number of rotatable bonds is 4. The highest BCUT2D eigenvalue weighted by Gasteiger charge is 2.30. The monoisotopic (exact) mass is 296 g/mol. The summed E-state index contributed by atoms with van der Waals surface area (Å²) >= 11 is 0. The summed E-state index contributed by atoms with van der Waals surface area (Å²) < 4.78 is 19.0. The van der Waals surface area contributed by atoms with Gasteiger partial charge in [-0.3, -0.25) is 9.36 Å². The summed E-state index contributed by atoms with van der Waals surface area (Å²) in [4.78, 5) is 12.0. The zero-order valence-electron chi connectivity index (χ0n) is 11.9. The number of amides is 1. The minimum Gasteiger partial charge on any atom is -0.349 e. The van der Waals surface area contributed by atoms with E-state index in [1.54, 1.807) is 18.8 Å². The summed E-state index contributed by atoms with van der Waals surface area (Å²) in [6.45, 7) is 3.00. The summed E-state index contributed by atoms with van der Waals surface area (Å²) in [6, 6.07) is 9.33. The molecule has 20 heavy (non-hydrogen) atoms. The fraction of sp³-hybridized carbons (Fsp3) is 0.500. The average Bonchev–Trinajstić information content (AvgIpc) is 2.48. The smallest absolute Gasteiger partial charge is 0.269 e. The third-order valence-electron chi connectivity index (χ3n) is 3.70. The Morgan fingerprint density at radius 3 is 2.45 bits per heavy atom. The molecule has 1 unspecified atom stereocenters. The Kier molecular flexibility index (Phi) is 4.97. The molecular weight excluding hydrogens is 275 g/mol. The van der Waals surface area contributed by atoms with Crippen LogP contribution in [0, 0.1) is 0 Å². The summed E-state index contributed by atoms with van der Waals surface area (Å²) in [6.07, 6.45) is 1.58. The first kappa shape index (κ1) is 15.2. The molecule has 1 aliphatic heterocycles. The van der Waals surface area contributed by atoms with Gasteiger partial charge in [-0.1, -0.05) is 18.2 Å². The van der Waals surface area contributed by atoms with Gasteiger partial charge in [0, 0.05) is 38.5 Å². The van der Waals surface area contributed by atoms with Gasteiger partial charge in [0.1, 0.15) is 0 Å². The van der Waals surface area contributed by atoms with Crippen LogP contribution in [0.2, 0.25) is 0 Å². The van der Waals surface area contributed by atoms with Crippen LogP contribution in [0.25, 0.3) is 0 Å². The first-order chi connectivity index (χ1) is 9.53. The summed E-state index contributed by atoms with van der Waals surface area (Å²) in [5, 5.41) is 3.03. The van der Waals surface area contributed by atoms with Crippen LogP contribution in [0.3, 0.4) is 0 Å². The van der Waals surface area contributed by atoms with Crippen LogP contribution in [-0.2, 0) is 9.09 Å². The molecule has 0 aliphatic carbocycles. The molecule has 0 aromatic heterocycles. The van der Waals surface area contributed by atoms with E-state index in [2.05, 4.69) is 5.32 Å². The molecule has 1 fully saturated rings. The number of hydrogen-bond donors (Lipinski definition) is 1. The first-order valence-electron chi connectivity index (χ1n) is 6.77. The maximum absolute atomic E-state index is 12.1. The van der Waals surface area contributed by atoms with Gasteiger partial charge in [0.05, 0.1) is 0 Å². The van der Waals surface area contributed by atoms with E-state index in [9.17, 15) is 9.36 Å². The van der Waals surface area contributed by atoms with Gasteiger partial charge in [-0.05, 0) is 25.0 Å². The van der Waals surface area contributed by atoms with Crippen molar-refractivity contribution in [2.45, 2.75) is 18.9 Å². The molecular formula is C14H21N2O3P. The van der Waals surface area contributed by atoms with E-state index in [0.29, 0.717) is 18.7 Å². The van der Waals surface area contributed by atoms with Crippen molar-refractivity contribution in [2.75, 3.05) is 26.9 Å². The van der Waals surface area contributed by atoms with Crippen LogP contribution in [0.15, 0.2) is 30.3 Å². The van der Waals surface area contributed by atoms with Crippen molar-refractivity contribution in [2.24, 2.45) is 0 Å². The molecule has 1 aromatic rings. The molecule has 1 aliphatic rings. The third-order valence-corrected chi connectivity index (χ3v) is 5.80. The highest BCUT2D eigenvalue weighted by Crippen LogP contribution is 2.47. The summed E-state index contributed by atoms with van der Waals surface area (Å²) in [5.41, 5.74) is 0.674. The lowest BCUT2D eigenvalue weighted by atomic mass is 10.1. The Morgan fingerprint density at radius 2 is 1.90 bits per heavy atom. The van der Waals surface area contributed by atoms with Crippen molar-refractivity contribution in [3.8, 4) is 0 Å². The van der Waals surface area contributed by atoms with Crippen LogP contribution in [-0.4, -0.2) is 43.5 Å². The van der Waals surface area contributed by atoms with Crippen molar-refractivity contribution in [1.82, 2.24) is 9.99 Å². The van der Waals surface area contributed by atoms with E-state index in [-0.39, 0.29) is 11.9 Å². The minimum absolute atomic E-state index is 0.0459. The van der Waals surface area contributed by atoms with E-state index in [1.807, 2.05) is 22.9 Å². The quantitative estimate of drug-likeness (QED) is 0.867. The Bertz CT molecular complexity index is 498. The second kappa shape index (κ2) is 6.53. The highest BCUT2D eigenvalue weighted by molar-refractivity contribution is 7.55. The maximum Gasteiger partial charge on any atom is 0.269 e. The van der Waals surface area contributed by atoms with Crippen molar-refractivity contribution in [1.29, 1.82) is 0 Å². The van der Waals surface area contributed by atoms with Gasteiger partial charge in [0.2, 0.25) is 0 Å². The van der Waals surface area contributed by atoms with Gasteiger partial charge in [-0.15, -0.1) is 0 Å². The predicted molar refractivity (Wildman–Crippen MR) is 79.0 cm³/mol. The van der Waals surface area contributed by atoms with Gasteiger partial charge in [0.15, 0.2) is 0 Å². The normalized spacial score (nSPS) is 20.3. The van der Waals surface area contributed by atoms with Gasteiger partial charge in [0.25, 0.3) is 13.4 Å². The van der Waals surface area contributed by atoms with Crippen LogP contribution in [0.4, 0.5) is 0 Å². The van der Waals surface area contributed by atoms with Crippen LogP contribution in [0.5, 0.6) is 0 Å². The molecule has 0 spiro atoms. The zero-order chi connectivity index (χ0) is 14.6. The molecule has 5 nitrogen and oxygen atoms in total. The molecule has 0 bridgehead atoms. The number of piperidine rings is 1. The SMILES string of the molecule is COP(C)(=O)N1CCC(NC(=O)c2ccccc2)CC1. The largest absolute Gasteiger partial charge is 0.349 e. The zero-order valence-corrected chi connectivity index (χ0v) is 12.8. The number of hydrogen-bond acceptors (Lipinski definition) is 3. The minimum atomic E-state index is -2.65. The predicted octanol–water partition coefficient (Wildman–Crippen LogP) is 2.35. The lowest BCUT2D eigenvalue weighted by Crippen LogP contribution is -2.43. The molecule has 1 saturated heterocycles. The summed E-state index contributed by atoms with van der Waals surface area (Å²) in [7, 11) is -1.17. The van der Waals surface area contributed by atoms with Crippen molar-refractivity contribution in [3.05, 3.63) is 35.9 Å². The molecule has 110 valence electrons. The topological polar surface area (TPSA) is 58.6 Å². The number of benzene rings is 1. The maximum atomic E-state index is 12.1. The average molecular weight is 296 g/mol. The van der Waals surface area contributed by atoms with Gasteiger partial charge in [-0.25, -0.2) is 4.67 Å². The van der Waals surface area contributed by atoms with Crippen molar-refractivity contribution in [3.63, 3.8) is 0 Å². The standard InChI is InChI=1S/C14H21N2O3P/c1-19-20(2,18)16-10-8-13(9-11-16)15-14(17)12-6-4-3-5-7-12/h3-7,13H,8-11H2,1-2H3,(H,15,17). The molecule has 1 atom stereocenters. The number of nitrogens with one attached hydrogen (secondary N) is 1. The molecule has 1 heterocycles. The van der Waals surface area contributed by atoms with Gasteiger partial charge >= 0.3 is 0 Å². The number of carbonyl (C=O) groups excluding carboxylic acids is 1. The molecule has 0 radical (unpaired) electrons. The van der Waals surface area contributed by atoms with E-state index >= 15 is 0 Å². The van der Waals surface area contributed by atoms with E-state index in [1.165, 1.54) is 7.11 Å². The van der Waals surface area contributed by atoms with Gasteiger partial charge < -0.3 is 9.84 Å². The van der Waals surface area contributed by atoms with Crippen molar-refractivity contribution >= 4 is 13.4 Å². The molecule has 1 N–H and O–H groups in total. The Hall–Kier alpha value is -1.16.